The van der Waals surface area contributed by atoms with Crippen LogP contribution in [0.1, 0.15) is 50.8 Å². The number of hydrogen-bond donors (Lipinski definition) is 1. The summed E-state index contributed by atoms with van der Waals surface area (Å²) in [5.74, 6) is 0. The maximum atomic E-state index is 9.98. The number of aliphatic hydroxyl groups excluding tert-OH is 1. The van der Waals surface area contributed by atoms with E-state index in [1.165, 1.54) is 0 Å². The van der Waals surface area contributed by atoms with Gasteiger partial charge >= 0.3 is 0 Å². The van der Waals surface area contributed by atoms with Crippen LogP contribution in [0.15, 0.2) is 18.3 Å². The molecule has 3 heteroatoms. The van der Waals surface area contributed by atoms with Crippen molar-refractivity contribution in [1.29, 1.82) is 0 Å². The summed E-state index contributed by atoms with van der Waals surface area (Å²) < 4.78 is 2.00. The van der Waals surface area contributed by atoms with E-state index in [4.69, 9.17) is 4.98 Å². The van der Waals surface area contributed by atoms with Gasteiger partial charge in [0, 0.05) is 11.6 Å². The standard InChI is InChI=1S/C14H20N2O/c1-9-7-6-8-16-11(10(2)17)12(14(3,4)5)15-13(9)16/h6-8,10,17H,1-5H3. The second kappa shape index (κ2) is 3.84. The van der Waals surface area contributed by atoms with E-state index in [2.05, 4.69) is 20.8 Å². The summed E-state index contributed by atoms with van der Waals surface area (Å²) in [5.41, 5.74) is 3.88. The molecule has 1 unspecified atom stereocenters. The summed E-state index contributed by atoms with van der Waals surface area (Å²) in [6.07, 6.45) is 1.45. The monoisotopic (exact) mass is 232 g/mol. The molecule has 1 N–H and O–H groups in total. The molecule has 2 rings (SSSR count). The van der Waals surface area contributed by atoms with Crippen LogP contribution < -0.4 is 0 Å². The Labute approximate surface area is 102 Å². The maximum absolute atomic E-state index is 9.98. The molecule has 0 aliphatic heterocycles. The van der Waals surface area contributed by atoms with Crippen molar-refractivity contribution in [3.05, 3.63) is 35.3 Å². The molecule has 0 bridgehead atoms. The van der Waals surface area contributed by atoms with E-state index in [1.807, 2.05) is 29.7 Å². The molecule has 0 saturated carbocycles. The number of aliphatic hydroxyl groups is 1. The normalized spacial score (nSPS) is 14.2. The van der Waals surface area contributed by atoms with Crippen molar-refractivity contribution in [2.24, 2.45) is 0 Å². The molecule has 0 fully saturated rings. The Morgan fingerprint density at radius 2 is 2.00 bits per heavy atom. The molecule has 3 nitrogen and oxygen atoms in total. The average molecular weight is 232 g/mol. The molecular weight excluding hydrogens is 212 g/mol. The molecule has 0 radical (unpaired) electrons. The Morgan fingerprint density at radius 1 is 1.35 bits per heavy atom. The summed E-state index contributed by atoms with van der Waals surface area (Å²) in [4.78, 5) is 4.71. The SMILES string of the molecule is Cc1cccn2c(C(C)O)c(C(C)(C)C)nc12. The topological polar surface area (TPSA) is 37.5 Å². The first-order chi connectivity index (χ1) is 7.82. The van der Waals surface area contributed by atoms with Crippen LogP contribution in [0, 0.1) is 6.92 Å². The highest BCUT2D eigenvalue weighted by Crippen LogP contribution is 2.30. The predicted octanol–water partition coefficient (Wildman–Crippen LogP) is 2.99. The minimum atomic E-state index is -0.513. The first kappa shape index (κ1) is 12.1. The minimum absolute atomic E-state index is 0.0647. The Morgan fingerprint density at radius 3 is 2.53 bits per heavy atom. The number of imidazole rings is 1. The molecule has 0 saturated heterocycles. The van der Waals surface area contributed by atoms with Gasteiger partial charge in [-0.05, 0) is 25.5 Å². The van der Waals surface area contributed by atoms with Crippen molar-refractivity contribution in [2.45, 2.75) is 46.1 Å². The molecule has 2 aromatic rings. The summed E-state index contributed by atoms with van der Waals surface area (Å²) in [5, 5.41) is 9.98. The molecule has 17 heavy (non-hydrogen) atoms. The van der Waals surface area contributed by atoms with Crippen LogP contribution in [0.5, 0.6) is 0 Å². The summed E-state index contributed by atoms with van der Waals surface area (Å²) in [7, 11) is 0. The Balaban J connectivity index is 2.85. The van der Waals surface area contributed by atoms with E-state index in [0.717, 1.165) is 22.6 Å². The number of fused-ring (bicyclic) bond motifs is 1. The lowest BCUT2D eigenvalue weighted by molar-refractivity contribution is 0.190. The summed E-state index contributed by atoms with van der Waals surface area (Å²) in [6.45, 7) is 10.2. The highest BCUT2D eigenvalue weighted by Gasteiger charge is 2.26. The molecule has 0 amide bonds. The number of pyridine rings is 1. The smallest absolute Gasteiger partial charge is 0.140 e. The first-order valence-electron chi connectivity index (χ1n) is 5.98. The van der Waals surface area contributed by atoms with Gasteiger partial charge in [0.25, 0.3) is 0 Å². The molecule has 2 heterocycles. The molecular formula is C14H20N2O. The van der Waals surface area contributed by atoms with Crippen molar-refractivity contribution in [1.82, 2.24) is 9.38 Å². The van der Waals surface area contributed by atoms with Gasteiger partial charge in [-0.2, -0.15) is 0 Å². The fraction of sp³-hybridized carbons (Fsp3) is 0.500. The van der Waals surface area contributed by atoms with Crippen molar-refractivity contribution < 1.29 is 5.11 Å². The molecule has 0 aromatic carbocycles. The third-order valence-electron chi connectivity index (χ3n) is 2.99. The van der Waals surface area contributed by atoms with Crippen LogP contribution in [-0.2, 0) is 5.41 Å². The number of nitrogens with zero attached hydrogens (tertiary/aromatic N) is 2. The molecule has 1 atom stereocenters. The minimum Gasteiger partial charge on any atom is -0.387 e. The average Bonchev–Trinajstić information content (AvgIpc) is 2.57. The summed E-state index contributed by atoms with van der Waals surface area (Å²) >= 11 is 0. The molecule has 0 spiro atoms. The van der Waals surface area contributed by atoms with Gasteiger partial charge in [0.1, 0.15) is 5.65 Å². The zero-order chi connectivity index (χ0) is 12.8. The number of rotatable bonds is 1. The van der Waals surface area contributed by atoms with E-state index >= 15 is 0 Å². The van der Waals surface area contributed by atoms with Gasteiger partial charge in [-0.15, -0.1) is 0 Å². The number of aromatic nitrogens is 2. The third kappa shape index (κ3) is 1.95. The lowest BCUT2D eigenvalue weighted by Gasteiger charge is -2.19. The van der Waals surface area contributed by atoms with Gasteiger partial charge in [-0.25, -0.2) is 4.98 Å². The summed E-state index contributed by atoms with van der Waals surface area (Å²) in [6, 6.07) is 4.03. The Hall–Kier alpha value is -1.35. The van der Waals surface area contributed by atoms with Crippen LogP contribution >= 0.6 is 0 Å². The van der Waals surface area contributed by atoms with Crippen LogP contribution in [0.3, 0.4) is 0 Å². The Bertz CT molecular complexity index is 547. The van der Waals surface area contributed by atoms with Gasteiger partial charge in [0.15, 0.2) is 0 Å². The van der Waals surface area contributed by atoms with Crippen molar-refractivity contribution in [3.63, 3.8) is 0 Å². The molecule has 2 aromatic heterocycles. The van der Waals surface area contributed by atoms with Gasteiger partial charge in [0.2, 0.25) is 0 Å². The van der Waals surface area contributed by atoms with Crippen LogP contribution in [-0.4, -0.2) is 14.5 Å². The van der Waals surface area contributed by atoms with Gasteiger partial charge in [-0.1, -0.05) is 26.8 Å². The number of aryl methyl sites for hydroxylation is 1. The highest BCUT2D eigenvalue weighted by molar-refractivity contribution is 5.51. The van der Waals surface area contributed by atoms with E-state index in [-0.39, 0.29) is 5.41 Å². The highest BCUT2D eigenvalue weighted by atomic mass is 16.3. The van der Waals surface area contributed by atoms with Crippen molar-refractivity contribution in [2.75, 3.05) is 0 Å². The van der Waals surface area contributed by atoms with Crippen LogP contribution in [0.4, 0.5) is 0 Å². The third-order valence-corrected chi connectivity index (χ3v) is 2.99. The van der Waals surface area contributed by atoms with Gasteiger partial charge in [-0.3, -0.25) is 0 Å². The second-order valence-corrected chi connectivity index (χ2v) is 5.66. The van der Waals surface area contributed by atoms with E-state index in [0.29, 0.717) is 0 Å². The van der Waals surface area contributed by atoms with Gasteiger partial charge < -0.3 is 9.51 Å². The van der Waals surface area contributed by atoms with Crippen LogP contribution in [0.25, 0.3) is 5.65 Å². The Kier molecular flexibility index (Phi) is 2.74. The second-order valence-electron chi connectivity index (χ2n) is 5.66. The van der Waals surface area contributed by atoms with Crippen molar-refractivity contribution in [3.8, 4) is 0 Å². The fourth-order valence-electron chi connectivity index (χ4n) is 2.17. The zero-order valence-electron chi connectivity index (χ0n) is 11.2. The largest absolute Gasteiger partial charge is 0.387 e. The number of hydrogen-bond acceptors (Lipinski definition) is 2. The zero-order valence-corrected chi connectivity index (χ0v) is 11.2. The van der Waals surface area contributed by atoms with E-state index < -0.39 is 6.10 Å². The lowest BCUT2D eigenvalue weighted by Crippen LogP contribution is -2.16. The van der Waals surface area contributed by atoms with Gasteiger partial charge in [0.05, 0.1) is 17.5 Å². The molecule has 92 valence electrons. The maximum Gasteiger partial charge on any atom is 0.140 e. The van der Waals surface area contributed by atoms with Crippen molar-refractivity contribution >= 4 is 5.65 Å². The quantitative estimate of drug-likeness (QED) is 0.820. The predicted molar refractivity (Wildman–Crippen MR) is 69.3 cm³/mol. The van der Waals surface area contributed by atoms with E-state index in [1.54, 1.807) is 6.92 Å². The first-order valence-corrected chi connectivity index (χ1v) is 5.98. The van der Waals surface area contributed by atoms with Crippen LogP contribution in [0.2, 0.25) is 0 Å². The fourth-order valence-corrected chi connectivity index (χ4v) is 2.17. The van der Waals surface area contributed by atoms with E-state index in [9.17, 15) is 5.11 Å². The lowest BCUT2D eigenvalue weighted by atomic mass is 9.89. The molecule has 0 aliphatic carbocycles. The molecule has 0 aliphatic rings.